The van der Waals surface area contributed by atoms with Gasteiger partial charge in [-0.1, -0.05) is 210 Å². The molecule has 0 heterocycles. The van der Waals surface area contributed by atoms with Crippen molar-refractivity contribution in [1.29, 1.82) is 0 Å². The number of fused-ring (bicyclic) bond motifs is 2. The predicted octanol–water partition coefficient (Wildman–Crippen LogP) is 12.7. The smallest absolute Gasteiger partial charge is 0.00155 e. The summed E-state index contributed by atoms with van der Waals surface area (Å²) >= 11 is 0. The SMILES string of the molecule is c1ccc(CP(Cc2ccccc2)c2ccc3ccccc3c2-c2c(P(Cc3ccccc3)Cc3ccccc3)ccc3ccccc23)cc1. The van der Waals surface area contributed by atoms with E-state index in [4.69, 9.17) is 0 Å². The molecule has 8 aromatic carbocycles. The van der Waals surface area contributed by atoms with Gasteiger partial charge in [-0.25, -0.2) is 0 Å². The minimum Gasteiger partial charge on any atom is -0.0657 e. The van der Waals surface area contributed by atoms with Crippen LogP contribution in [-0.2, 0) is 24.6 Å². The first-order chi connectivity index (χ1) is 24.8. The van der Waals surface area contributed by atoms with Crippen molar-refractivity contribution in [3.63, 3.8) is 0 Å². The molecule has 242 valence electrons. The van der Waals surface area contributed by atoms with Gasteiger partial charge in [-0.15, -0.1) is 0 Å². The van der Waals surface area contributed by atoms with E-state index in [1.54, 1.807) is 0 Å². The zero-order valence-corrected chi connectivity index (χ0v) is 30.0. The van der Waals surface area contributed by atoms with E-state index in [9.17, 15) is 0 Å². The highest BCUT2D eigenvalue weighted by molar-refractivity contribution is 7.65. The van der Waals surface area contributed by atoms with Gasteiger partial charge in [0.2, 0.25) is 0 Å². The van der Waals surface area contributed by atoms with Gasteiger partial charge >= 0.3 is 0 Å². The maximum Gasteiger partial charge on any atom is -0.00155 e. The van der Waals surface area contributed by atoms with Crippen LogP contribution in [0.25, 0.3) is 32.7 Å². The summed E-state index contributed by atoms with van der Waals surface area (Å²) in [6.45, 7) is 0. The number of hydrogen-bond acceptors (Lipinski definition) is 0. The summed E-state index contributed by atoms with van der Waals surface area (Å²) in [5.41, 5.74) is 8.48. The molecule has 0 aromatic heterocycles. The Balaban J connectivity index is 1.40. The van der Waals surface area contributed by atoms with Crippen LogP contribution < -0.4 is 10.6 Å². The van der Waals surface area contributed by atoms with E-state index in [1.165, 1.54) is 65.5 Å². The van der Waals surface area contributed by atoms with Crippen LogP contribution >= 0.6 is 15.8 Å². The minimum absolute atomic E-state index is 0.602. The van der Waals surface area contributed by atoms with Crippen molar-refractivity contribution >= 4 is 48.0 Å². The van der Waals surface area contributed by atoms with Crippen molar-refractivity contribution in [1.82, 2.24) is 0 Å². The summed E-state index contributed by atoms with van der Waals surface area (Å²) in [6.07, 6.45) is 4.16. The van der Waals surface area contributed by atoms with Gasteiger partial charge < -0.3 is 0 Å². The van der Waals surface area contributed by atoms with Crippen LogP contribution in [0.1, 0.15) is 22.3 Å². The second-order valence-electron chi connectivity index (χ2n) is 13.0. The van der Waals surface area contributed by atoms with E-state index in [-0.39, 0.29) is 0 Å². The molecule has 0 atom stereocenters. The van der Waals surface area contributed by atoms with Crippen LogP contribution in [0.5, 0.6) is 0 Å². The lowest BCUT2D eigenvalue weighted by Crippen LogP contribution is -2.16. The second-order valence-corrected chi connectivity index (χ2v) is 17.4. The average Bonchev–Trinajstić information content (AvgIpc) is 3.18. The molecule has 0 saturated carbocycles. The summed E-state index contributed by atoms with van der Waals surface area (Å²) in [7, 11) is -1.20. The second kappa shape index (κ2) is 15.4. The lowest BCUT2D eigenvalue weighted by atomic mass is 9.93. The summed E-state index contributed by atoms with van der Waals surface area (Å²) in [5.74, 6) is 0. The van der Waals surface area contributed by atoms with Gasteiger partial charge in [-0.05, 0) is 90.2 Å². The van der Waals surface area contributed by atoms with Crippen molar-refractivity contribution in [2.75, 3.05) is 0 Å². The molecule has 0 aliphatic rings. The zero-order valence-electron chi connectivity index (χ0n) is 28.2. The fraction of sp³-hybridized carbons (Fsp3) is 0.0833. The number of benzene rings is 8. The first-order valence-corrected chi connectivity index (χ1v) is 20.9. The Bertz CT molecular complexity index is 2070. The molecule has 0 N–H and O–H groups in total. The van der Waals surface area contributed by atoms with E-state index in [0.29, 0.717) is 0 Å². The molecule has 0 amide bonds. The lowest BCUT2D eigenvalue weighted by molar-refractivity contribution is 1.33. The molecular weight excluding hydrogens is 638 g/mol. The van der Waals surface area contributed by atoms with Crippen molar-refractivity contribution in [2.24, 2.45) is 0 Å². The summed E-state index contributed by atoms with van der Waals surface area (Å²) in [4.78, 5) is 0. The van der Waals surface area contributed by atoms with Crippen LogP contribution in [-0.4, -0.2) is 0 Å². The van der Waals surface area contributed by atoms with Crippen LogP contribution in [0, 0.1) is 0 Å². The molecule has 50 heavy (non-hydrogen) atoms. The lowest BCUT2D eigenvalue weighted by Gasteiger charge is -2.28. The molecular formula is C48H40P2. The molecule has 0 aliphatic carbocycles. The van der Waals surface area contributed by atoms with Crippen molar-refractivity contribution in [3.8, 4) is 11.1 Å². The summed E-state index contributed by atoms with van der Waals surface area (Å²) in [5, 5.41) is 8.30. The van der Waals surface area contributed by atoms with E-state index in [2.05, 4.69) is 194 Å². The number of hydrogen-bond donors (Lipinski definition) is 0. The molecule has 2 heteroatoms. The quantitative estimate of drug-likeness (QED) is 0.119. The fourth-order valence-corrected chi connectivity index (χ4v) is 12.4. The Morgan fingerprint density at radius 2 is 0.540 bits per heavy atom. The van der Waals surface area contributed by atoms with Crippen LogP contribution in [0.4, 0.5) is 0 Å². The Labute approximate surface area is 299 Å². The standard InChI is InChI=1S/C48H40P2/c1-5-17-37(18-6-1)33-49(34-38-19-7-2-8-20-38)45-31-29-41-25-13-15-27-43(41)47(45)48-44-28-16-14-26-42(44)30-32-46(48)50(35-39-21-9-3-10-22-39)36-40-23-11-4-12-24-40/h1-32H,33-36H2. The van der Waals surface area contributed by atoms with Gasteiger partial charge in [-0.2, -0.15) is 0 Å². The van der Waals surface area contributed by atoms with E-state index in [0.717, 1.165) is 24.6 Å². The van der Waals surface area contributed by atoms with E-state index in [1.807, 2.05) is 0 Å². The van der Waals surface area contributed by atoms with Crippen LogP contribution in [0.2, 0.25) is 0 Å². The van der Waals surface area contributed by atoms with Crippen LogP contribution in [0.3, 0.4) is 0 Å². The zero-order chi connectivity index (χ0) is 33.5. The third-order valence-corrected chi connectivity index (χ3v) is 14.7. The van der Waals surface area contributed by atoms with E-state index >= 15 is 0 Å². The van der Waals surface area contributed by atoms with E-state index < -0.39 is 15.8 Å². The Morgan fingerprint density at radius 1 is 0.260 bits per heavy atom. The first-order valence-electron chi connectivity index (χ1n) is 17.5. The van der Waals surface area contributed by atoms with Gasteiger partial charge in [0, 0.05) is 0 Å². The molecule has 0 bridgehead atoms. The van der Waals surface area contributed by atoms with Crippen LogP contribution in [0.15, 0.2) is 194 Å². The molecule has 8 aromatic rings. The van der Waals surface area contributed by atoms with Gasteiger partial charge in [0.05, 0.1) is 0 Å². The molecule has 0 unspecified atom stereocenters. The molecule has 0 nitrogen and oxygen atoms in total. The van der Waals surface area contributed by atoms with Crippen molar-refractivity contribution < 1.29 is 0 Å². The van der Waals surface area contributed by atoms with Crippen molar-refractivity contribution in [3.05, 3.63) is 216 Å². The normalized spacial score (nSPS) is 11.5. The average molecular weight is 679 g/mol. The third-order valence-electron chi connectivity index (χ3n) is 9.61. The molecule has 0 radical (unpaired) electrons. The Morgan fingerprint density at radius 3 is 0.860 bits per heavy atom. The molecule has 0 saturated heterocycles. The summed E-state index contributed by atoms with van der Waals surface area (Å²) < 4.78 is 0. The van der Waals surface area contributed by atoms with Crippen molar-refractivity contribution in [2.45, 2.75) is 24.6 Å². The van der Waals surface area contributed by atoms with Gasteiger partial charge in [0.25, 0.3) is 0 Å². The largest absolute Gasteiger partial charge is 0.0657 e. The maximum atomic E-state index is 2.48. The fourth-order valence-electron chi connectivity index (χ4n) is 7.24. The highest BCUT2D eigenvalue weighted by Crippen LogP contribution is 2.51. The molecule has 0 aliphatic heterocycles. The monoisotopic (exact) mass is 678 g/mol. The predicted molar refractivity (Wildman–Crippen MR) is 221 cm³/mol. The summed E-state index contributed by atoms with van der Waals surface area (Å²) in [6, 6.07) is 72.4. The Kier molecular flexibility index (Phi) is 9.94. The minimum atomic E-state index is -0.602. The highest BCUT2D eigenvalue weighted by atomic mass is 31.1. The number of rotatable bonds is 11. The molecule has 0 spiro atoms. The topological polar surface area (TPSA) is 0 Å². The Hall–Kier alpha value is -4.86. The molecule has 8 rings (SSSR count). The molecule has 0 fully saturated rings. The highest BCUT2D eigenvalue weighted by Gasteiger charge is 2.26. The van der Waals surface area contributed by atoms with Gasteiger partial charge in [-0.3, -0.25) is 0 Å². The first kappa shape index (κ1) is 32.4. The maximum absolute atomic E-state index is 2.48. The van der Waals surface area contributed by atoms with Gasteiger partial charge in [0.1, 0.15) is 0 Å². The van der Waals surface area contributed by atoms with Gasteiger partial charge in [0.15, 0.2) is 0 Å². The third kappa shape index (κ3) is 7.20.